The Morgan fingerprint density at radius 2 is 2.00 bits per heavy atom. The number of carbonyl (C=O) groups is 3. The molecule has 3 amide bonds. The summed E-state index contributed by atoms with van der Waals surface area (Å²) >= 11 is 0. The summed E-state index contributed by atoms with van der Waals surface area (Å²) in [7, 11) is 3.45. The van der Waals surface area contributed by atoms with Crippen molar-refractivity contribution in [3.63, 3.8) is 0 Å². The fourth-order valence-electron chi connectivity index (χ4n) is 4.28. The highest BCUT2D eigenvalue weighted by molar-refractivity contribution is 5.77. The van der Waals surface area contributed by atoms with Crippen LogP contribution in [-0.4, -0.2) is 85.2 Å². The highest BCUT2D eigenvalue weighted by atomic mass is 19.1. The van der Waals surface area contributed by atoms with E-state index in [0.29, 0.717) is 39.3 Å². The van der Waals surface area contributed by atoms with Gasteiger partial charge in [-0.15, -0.1) is 0 Å². The van der Waals surface area contributed by atoms with Crippen molar-refractivity contribution < 1.29 is 28.6 Å². The average Bonchev–Trinajstić information content (AvgIpc) is 3.26. The maximum Gasteiger partial charge on any atom is 0.320 e. The number of carbonyl (C=O) groups excluding carboxylic acids is 2. The van der Waals surface area contributed by atoms with E-state index in [0.717, 1.165) is 5.56 Å². The van der Waals surface area contributed by atoms with E-state index in [2.05, 4.69) is 0 Å². The van der Waals surface area contributed by atoms with Crippen LogP contribution in [0.25, 0.3) is 0 Å². The predicted molar refractivity (Wildman–Crippen MR) is 108 cm³/mol. The van der Waals surface area contributed by atoms with E-state index in [9.17, 15) is 14.0 Å². The van der Waals surface area contributed by atoms with Gasteiger partial charge in [-0.3, -0.25) is 9.59 Å². The van der Waals surface area contributed by atoms with E-state index in [1.54, 1.807) is 25.1 Å². The van der Waals surface area contributed by atoms with Crippen LogP contribution in [0.2, 0.25) is 0 Å². The smallest absolute Gasteiger partial charge is 0.320 e. The second-order valence-electron chi connectivity index (χ2n) is 7.60. The number of urea groups is 1. The zero-order chi connectivity index (χ0) is 22.3. The molecule has 0 saturated carbocycles. The van der Waals surface area contributed by atoms with Gasteiger partial charge in [0.1, 0.15) is 5.82 Å². The number of carboxylic acid groups (broad SMARTS) is 1. The minimum absolute atomic E-state index is 0.0760. The Hall–Kier alpha value is -2.68. The molecule has 1 aromatic rings. The van der Waals surface area contributed by atoms with Crippen molar-refractivity contribution in [3.05, 3.63) is 35.6 Å². The monoisotopic (exact) mass is 423 g/mol. The van der Waals surface area contributed by atoms with Crippen LogP contribution in [0.1, 0.15) is 24.9 Å². The van der Waals surface area contributed by atoms with Gasteiger partial charge in [0.2, 0.25) is 5.91 Å². The second kappa shape index (κ2) is 10.9. The lowest BCUT2D eigenvalue weighted by atomic mass is 9.89. The second-order valence-corrected chi connectivity index (χ2v) is 7.60. The Kier molecular flexibility index (Phi) is 8.58. The van der Waals surface area contributed by atoms with Crippen LogP contribution in [-0.2, 0) is 14.3 Å². The lowest BCUT2D eigenvalue weighted by molar-refractivity contribution is -0.131. The lowest BCUT2D eigenvalue weighted by Crippen LogP contribution is -2.42. The summed E-state index contributed by atoms with van der Waals surface area (Å²) in [4.78, 5) is 38.8. The van der Waals surface area contributed by atoms with Gasteiger partial charge in [0, 0.05) is 52.2 Å². The molecule has 9 heteroatoms. The number of amides is 3. The lowest BCUT2D eigenvalue weighted by Gasteiger charge is -2.32. The van der Waals surface area contributed by atoms with Crippen molar-refractivity contribution in [1.82, 2.24) is 14.7 Å². The highest BCUT2D eigenvalue weighted by Gasteiger charge is 2.50. The fraction of sp³-hybridized carbons (Fsp3) is 0.571. The van der Waals surface area contributed by atoms with Crippen molar-refractivity contribution in [3.8, 4) is 0 Å². The number of benzene rings is 1. The number of halogens is 1. The zero-order valence-electron chi connectivity index (χ0n) is 17.7. The first-order chi connectivity index (χ1) is 14.3. The molecule has 2 fully saturated rings. The fourth-order valence-corrected chi connectivity index (χ4v) is 4.28. The molecule has 2 aliphatic heterocycles. The number of fused-ring (bicyclic) bond motifs is 1. The molecule has 3 atom stereocenters. The number of hydrogen-bond acceptors (Lipinski definition) is 4. The Morgan fingerprint density at radius 3 is 2.60 bits per heavy atom. The topological polar surface area (TPSA) is 90.4 Å². The first-order valence-corrected chi connectivity index (χ1v) is 10.0. The van der Waals surface area contributed by atoms with Gasteiger partial charge in [-0.1, -0.05) is 12.1 Å². The van der Waals surface area contributed by atoms with E-state index in [1.807, 2.05) is 22.8 Å². The number of likely N-dealkylation sites (tertiary alicyclic amines) is 2. The first-order valence-electron chi connectivity index (χ1n) is 10.0. The van der Waals surface area contributed by atoms with Gasteiger partial charge in [0.05, 0.1) is 19.1 Å². The van der Waals surface area contributed by atoms with Crippen LogP contribution in [0, 0.1) is 17.7 Å². The van der Waals surface area contributed by atoms with E-state index in [1.165, 1.54) is 12.1 Å². The molecule has 0 aliphatic carbocycles. The average molecular weight is 423 g/mol. The molecular formula is C21H30FN3O5. The Morgan fingerprint density at radius 1 is 1.30 bits per heavy atom. The Bertz CT molecular complexity index is 745. The van der Waals surface area contributed by atoms with Crippen LogP contribution in [0.5, 0.6) is 0 Å². The van der Waals surface area contributed by atoms with Crippen LogP contribution in [0.4, 0.5) is 9.18 Å². The number of rotatable bonds is 5. The molecule has 0 bridgehead atoms. The molecule has 8 nitrogen and oxygen atoms in total. The molecule has 2 aliphatic rings. The van der Waals surface area contributed by atoms with E-state index >= 15 is 0 Å². The molecule has 2 saturated heterocycles. The molecule has 30 heavy (non-hydrogen) atoms. The Balaban J connectivity index is 0.00000101. The maximum atomic E-state index is 13.8. The van der Waals surface area contributed by atoms with Crippen molar-refractivity contribution >= 4 is 18.4 Å². The van der Waals surface area contributed by atoms with E-state index in [-0.39, 0.29) is 42.1 Å². The minimum Gasteiger partial charge on any atom is -0.483 e. The third-order valence-corrected chi connectivity index (χ3v) is 5.50. The van der Waals surface area contributed by atoms with Gasteiger partial charge in [-0.25, -0.2) is 9.18 Å². The number of hydrogen-bond donors (Lipinski definition) is 1. The minimum atomic E-state index is -0.309. The summed E-state index contributed by atoms with van der Waals surface area (Å²) in [5.41, 5.74) is 0.793. The molecule has 166 valence electrons. The quantitative estimate of drug-likeness (QED) is 0.578. The molecule has 0 unspecified atom stereocenters. The third-order valence-electron chi connectivity index (χ3n) is 5.50. The van der Waals surface area contributed by atoms with Crippen LogP contribution in [0.3, 0.4) is 0 Å². The van der Waals surface area contributed by atoms with Crippen molar-refractivity contribution in [2.45, 2.75) is 19.4 Å². The van der Waals surface area contributed by atoms with Gasteiger partial charge >= 0.3 is 6.03 Å². The van der Waals surface area contributed by atoms with Crippen molar-refractivity contribution in [2.24, 2.45) is 11.8 Å². The standard InChI is InChI=1S/C20H28FN3O3.CH2O2/c1-4-27-9-8-18(25)23-11-15-12-24(20(26)22(2)3)19(17(15)13-23)14-6-5-7-16(21)10-14;2-1-3/h5-7,10,15,17,19H,4,8-9,11-13H2,1-3H3;1H,(H,2,3)/t15-,17-,19-;/m1./s1. The van der Waals surface area contributed by atoms with Gasteiger partial charge < -0.3 is 24.5 Å². The normalized spacial score (nSPS) is 22.2. The predicted octanol–water partition coefficient (Wildman–Crippen LogP) is 2.07. The van der Waals surface area contributed by atoms with E-state index < -0.39 is 0 Å². The first kappa shape index (κ1) is 23.6. The third kappa shape index (κ3) is 5.47. The summed E-state index contributed by atoms with van der Waals surface area (Å²) in [6.07, 6.45) is 0.373. The van der Waals surface area contributed by atoms with Crippen molar-refractivity contribution in [1.29, 1.82) is 0 Å². The molecular weight excluding hydrogens is 393 g/mol. The van der Waals surface area contributed by atoms with Crippen LogP contribution < -0.4 is 0 Å². The molecule has 0 aromatic heterocycles. The van der Waals surface area contributed by atoms with Gasteiger partial charge in [0.15, 0.2) is 0 Å². The van der Waals surface area contributed by atoms with Crippen LogP contribution in [0.15, 0.2) is 24.3 Å². The number of ether oxygens (including phenoxy) is 1. The van der Waals surface area contributed by atoms with Gasteiger partial charge in [0.25, 0.3) is 6.47 Å². The van der Waals surface area contributed by atoms with E-state index in [4.69, 9.17) is 14.6 Å². The maximum absolute atomic E-state index is 13.8. The Labute approximate surface area is 176 Å². The molecule has 0 spiro atoms. The summed E-state index contributed by atoms with van der Waals surface area (Å²) in [6.45, 7) is 4.50. The molecule has 3 rings (SSSR count). The summed E-state index contributed by atoms with van der Waals surface area (Å²) in [6, 6.07) is 6.16. The molecule has 1 N–H and O–H groups in total. The zero-order valence-corrected chi connectivity index (χ0v) is 17.7. The van der Waals surface area contributed by atoms with Gasteiger partial charge in [-0.2, -0.15) is 0 Å². The number of nitrogens with zero attached hydrogens (tertiary/aromatic N) is 3. The summed E-state index contributed by atoms with van der Waals surface area (Å²) in [5, 5.41) is 6.89. The molecule has 2 heterocycles. The highest BCUT2D eigenvalue weighted by Crippen LogP contribution is 2.45. The van der Waals surface area contributed by atoms with Crippen LogP contribution >= 0.6 is 0 Å². The molecule has 0 radical (unpaired) electrons. The van der Waals surface area contributed by atoms with Gasteiger partial charge in [-0.05, 0) is 24.6 Å². The summed E-state index contributed by atoms with van der Waals surface area (Å²) in [5.74, 6) is 0.0992. The SMILES string of the molecule is CCOCCC(=O)N1C[C@@H]2CN(C(=O)N(C)C)[C@H](c3cccc(F)c3)[C@@H]2C1.O=CO. The largest absolute Gasteiger partial charge is 0.483 e. The summed E-state index contributed by atoms with van der Waals surface area (Å²) < 4.78 is 19.1. The molecule has 1 aromatic carbocycles. The van der Waals surface area contributed by atoms with Crippen molar-refractivity contribution in [2.75, 3.05) is 46.9 Å².